The number of aromatic nitrogens is 1. The van der Waals surface area contributed by atoms with Gasteiger partial charge in [0.15, 0.2) is 8.68 Å². The Morgan fingerprint density at radius 2 is 2.05 bits per heavy atom. The Morgan fingerprint density at radius 1 is 1.37 bits per heavy atom. The van der Waals surface area contributed by atoms with E-state index < -0.39 is 10.0 Å². The molecule has 0 aliphatic rings. The minimum atomic E-state index is -3.73. The summed E-state index contributed by atoms with van der Waals surface area (Å²) in [5, 5.41) is 0.331. The Kier molecular flexibility index (Phi) is 4.61. The Bertz CT molecular complexity index is 731. The van der Waals surface area contributed by atoms with Gasteiger partial charge in [-0.15, -0.1) is 0 Å². The molecule has 19 heavy (non-hydrogen) atoms. The van der Waals surface area contributed by atoms with Gasteiger partial charge in [-0.1, -0.05) is 34.5 Å². The maximum Gasteiger partial charge on any atom is 0.273 e. The topological polar surface area (TPSA) is 59.1 Å². The van der Waals surface area contributed by atoms with Crippen LogP contribution in [0.25, 0.3) is 0 Å². The minimum absolute atomic E-state index is 0.0902. The SMILES string of the molecule is Cc1nc(Cl)sc1S(=O)(=O)Nc1cc(I)ccc1Cl. The standard InChI is InChI=1S/C10H7Cl2IN2O2S2/c1-5-9(18-10(12)14-5)19(16,17)15-8-4-6(13)2-3-7(8)11/h2-4,15H,1H3. The zero-order valence-electron chi connectivity index (χ0n) is 9.45. The lowest BCUT2D eigenvalue weighted by molar-refractivity contribution is 0.602. The van der Waals surface area contributed by atoms with Crippen molar-refractivity contribution in [3.05, 3.63) is 37.0 Å². The fraction of sp³-hybridized carbons (Fsp3) is 0.100. The van der Waals surface area contributed by atoms with Gasteiger partial charge in [-0.25, -0.2) is 13.4 Å². The highest BCUT2D eigenvalue weighted by Crippen LogP contribution is 2.31. The van der Waals surface area contributed by atoms with Gasteiger partial charge in [0.25, 0.3) is 10.0 Å². The predicted molar refractivity (Wildman–Crippen MR) is 86.8 cm³/mol. The number of rotatable bonds is 3. The van der Waals surface area contributed by atoms with Crippen molar-refractivity contribution in [1.82, 2.24) is 4.98 Å². The second-order valence-electron chi connectivity index (χ2n) is 3.57. The number of sulfonamides is 1. The molecule has 0 aliphatic carbocycles. The highest BCUT2D eigenvalue weighted by Gasteiger charge is 2.22. The first-order valence-corrected chi connectivity index (χ1v) is 9.04. The maximum atomic E-state index is 12.2. The lowest BCUT2D eigenvalue weighted by atomic mass is 10.3. The fourth-order valence-corrected chi connectivity index (χ4v) is 4.89. The average molecular weight is 449 g/mol. The van der Waals surface area contributed by atoms with E-state index >= 15 is 0 Å². The van der Waals surface area contributed by atoms with Gasteiger partial charge < -0.3 is 0 Å². The van der Waals surface area contributed by atoms with E-state index in [0.29, 0.717) is 16.4 Å². The first-order chi connectivity index (χ1) is 8.79. The van der Waals surface area contributed by atoms with Crippen LogP contribution in [0.1, 0.15) is 5.69 Å². The van der Waals surface area contributed by atoms with Crippen LogP contribution >= 0.6 is 57.1 Å². The van der Waals surface area contributed by atoms with Crippen molar-refractivity contribution in [3.8, 4) is 0 Å². The molecule has 4 nitrogen and oxygen atoms in total. The molecule has 2 rings (SSSR count). The van der Waals surface area contributed by atoms with E-state index in [1.165, 1.54) is 0 Å². The lowest BCUT2D eigenvalue weighted by Crippen LogP contribution is -2.13. The van der Waals surface area contributed by atoms with Gasteiger partial charge in [0, 0.05) is 3.57 Å². The lowest BCUT2D eigenvalue weighted by Gasteiger charge is -2.08. The molecule has 0 spiro atoms. The summed E-state index contributed by atoms with van der Waals surface area (Å²) in [6.45, 7) is 1.59. The van der Waals surface area contributed by atoms with Crippen LogP contribution in [0.5, 0.6) is 0 Å². The molecule has 1 aromatic heterocycles. The molecule has 0 unspecified atom stereocenters. The number of nitrogens with zero attached hydrogens (tertiary/aromatic N) is 1. The van der Waals surface area contributed by atoms with Crippen molar-refractivity contribution in [2.24, 2.45) is 0 Å². The summed E-state index contributed by atoms with van der Waals surface area (Å²) < 4.78 is 28.1. The third-order valence-corrected chi connectivity index (χ3v) is 6.38. The minimum Gasteiger partial charge on any atom is -0.277 e. The molecular weight excluding hydrogens is 442 g/mol. The number of aryl methyl sites for hydroxylation is 1. The largest absolute Gasteiger partial charge is 0.277 e. The summed E-state index contributed by atoms with van der Waals surface area (Å²) >= 11 is 14.7. The number of anilines is 1. The highest BCUT2D eigenvalue weighted by molar-refractivity contribution is 14.1. The Morgan fingerprint density at radius 3 is 2.63 bits per heavy atom. The number of halogens is 3. The smallest absolute Gasteiger partial charge is 0.273 e. The van der Waals surface area contributed by atoms with E-state index in [1.807, 2.05) is 0 Å². The Hall–Kier alpha value is -0.0900. The van der Waals surface area contributed by atoms with E-state index in [1.54, 1.807) is 25.1 Å². The summed E-state index contributed by atoms with van der Waals surface area (Å²) in [4.78, 5) is 3.89. The van der Waals surface area contributed by atoms with Crippen LogP contribution in [-0.4, -0.2) is 13.4 Å². The second kappa shape index (κ2) is 5.72. The molecule has 0 saturated carbocycles. The molecule has 1 heterocycles. The summed E-state index contributed by atoms with van der Waals surface area (Å²) in [7, 11) is -3.73. The zero-order chi connectivity index (χ0) is 14.2. The van der Waals surface area contributed by atoms with E-state index in [4.69, 9.17) is 23.2 Å². The molecule has 0 atom stereocenters. The van der Waals surface area contributed by atoms with Gasteiger partial charge in [0.05, 0.1) is 16.4 Å². The summed E-state index contributed by atoms with van der Waals surface area (Å²) in [5.74, 6) is 0. The number of benzene rings is 1. The molecule has 0 aliphatic heterocycles. The van der Waals surface area contributed by atoms with Gasteiger partial charge in [-0.2, -0.15) is 0 Å². The molecule has 0 saturated heterocycles. The molecule has 0 bridgehead atoms. The van der Waals surface area contributed by atoms with Crippen molar-refractivity contribution in [2.45, 2.75) is 11.1 Å². The quantitative estimate of drug-likeness (QED) is 0.717. The van der Waals surface area contributed by atoms with Crippen LogP contribution < -0.4 is 4.72 Å². The zero-order valence-corrected chi connectivity index (χ0v) is 14.7. The number of hydrogen-bond acceptors (Lipinski definition) is 4. The van der Waals surface area contributed by atoms with E-state index in [9.17, 15) is 8.42 Å². The third kappa shape index (κ3) is 3.52. The average Bonchev–Trinajstić information content (AvgIpc) is 2.63. The van der Waals surface area contributed by atoms with Crippen molar-refractivity contribution in [2.75, 3.05) is 4.72 Å². The molecule has 0 radical (unpaired) electrons. The van der Waals surface area contributed by atoms with Gasteiger partial charge in [-0.3, -0.25) is 4.72 Å². The molecule has 1 N–H and O–H groups in total. The normalized spacial score (nSPS) is 11.6. The van der Waals surface area contributed by atoms with Gasteiger partial charge in [0.2, 0.25) is 0 Å². The van der Waals surface area contributed by atoms with Crippen LogP contribution in [0.4, 0.5) is 5.69 Å². The number of thiazole rings is 1. The monoisotopic (exact) mass is 448 g/mol. The summed E-state index contributed by atoms with van der Waals surface area (Å²) in [6.07, 6.45) is 0. The molecule has 9 heteroatoms. The molecule has 2 aromatic rings. The van der Waals surface area contributed by atoms with Crippen molar-refractivity contribution >= 4 is 72.8 Å². The van der Waals surface area contributed by atoms with Crippen molar-refractivity contribution in [3.63, 3.8) is 0 Å². The van der Waals surface area contributed by atoms with Gasteiger partial charge in [0.1, 0.15) is 0 Å². The van der Waals surface area contributed by atoms with Crippen molar-refractivity contribution < 1.29 is 8.42 Å². The van der Waals surface area contributed by atoms with E-state index in [0.717, 1.165) is 14.9 Å². The first kappa shape index (κ1) is 15.3. The number of nitrogens with one attached hydrogen (secondary N) is 1. The van der Waals surface area contributed by atoms with Crippen molar-refractivity contribution in [1.29, 1.82) is 0 Å². The van der Waals surface area contributed by atoms with E-state index in [-0.39, 0.29) is 8.68 Å². The summed E-state index contributed by atoms with van der Waals surface area (Å²) in [6, 6.07) is 5.07. The first-order valence-electron chi connectivity index (χ1n) is 4.90. The van der Waals surface area contributed by atoms with Crippen LogP contribution in [0, 0.1) is 10.5 Å². The fourth-order valence-electron chi connectivity index (χ4n) is 1.37. The highest BCUT2D eigenvalue weighted by atomic mass is 127. The van der Waals surface area contributed by atoms with Crippen LogP contribution in [-0.2, 0) is 10.0 Å². The Labute approximate surface area is 138 Å². The van der Waals surface area contributed by atoms with Crippen LogP contribution in [0.15, 0.2) is 22.4 Å². The third-order valence-electron chi connectivity index (χ3n) is 2.14. The molecule has 0 amide bonds. The summed E-state index contributed by atoms with van der Waals surface area (Å²) in [5.41, 5.74) is 0.696. The van der Waals surface area contributed by atoms with Gasteiger partial charge in [-0.05, 0) is 47.7 Å². The number of hydrogen-bond donors (Lipinski definition) is 1. The molecular formula is C10H7Cl2IN2O2S2. The van der Waals surface area contributed by atoms with Crippen LogP contribution in [0.2, 0.25) is 9.49 Å². The molecule has 102 valence electrons. The van der Waals surface area contributed by atoms with E-state index in [2.05, 4.69) is 32.3 Å². The van der Waals surface area contributed by atoms with Gasteiger partial charge >= 0.3 is 0 Å². The van der Waals surface area contributed by atoms with Crippen LogP contribution in [0.3, 0.4) is 0 Å². The Balaban J connectivity index is 2.42. The molecule has 1 aromatic carbocycles. The predicted octanol–water partition coefficient (Wildman–Crippen LogP) is 4.16. The maximum absolute atomic E-state index is 12.2. The second-order valence-corrected chi connectivity index (χ2v) is 8.68. The molecule has 0 fully saturated rings.